The van der Waals surface area contributed by atoms with Gasteiger partial charge in [0.2, 0.25) is 11.7 Å². The minimum Gasteiger partial charge on any atom is -0.338 e. The Morgan fingerprint density at radius 3 is 2.88 bits per heavy atom. The lowest BCUT2D eigenvalue weighted by atomic mass is 10.0. The highest BCUT2D eigenvalue weighted by molar-refractivity contribution is 6.33. The number of hydrogen-bond donors (Lipinski definition) is 1. The SMILES string of the molecule is O=C(Nc1ccccc1Cl)N1CC(c2nc(-c3cnccn3)no2)C1. The largest absolute Gasteiger partial charge is 0.338 e. The summed E-state index contributed by atoms with van der Waals surface area (Å²) in [5.74, 6) is 0.888. The van der Waals surface area contributed by atoms with Crippen molar-refractivity contribution in [3.05, 3.63) is 53.8 Å². The highest BCUT2D eigenvalue weighted by Gasteiger charge is 2.36. The topological polar surface area (TPSA) is 97.0 Å². The Kier molecular flexibility index (Phi) is 4.02. The Morgan fingerprint density at radius 1 is 1.28 bits per heavy atom. The van der Waals surface area contributed by atoms with Crippen LogP contribution >= 0.6 is 11.6 Å². The second-order valence-corrected chi connectivity index (χ2v) is 5.97. The van der Waals surface area contributed by atoms with E-state index in [1.54, 1.807) is 35.6 Å². The van der Waals surface area contributed by atoms with Gasteiger partial charge in [-0.15, -0.1) is 0 Å². The Morgan fingerprint density at radius 2 is 2.12 bits per heavy atom. The predicted octanol–water partition coefficient (Wildman–Crippen LogP) is 2.81. The molecule has 4 rings (SSSR count). The second kappa shape index (κ2) is 6.48. The van der Waals surface area contributed by atoms with Crippen molar-refractivity contribution in [3.63, 3.8) is 0 Å². The summed E-state index contributed by atoms with van der Waals surface area (Å²) >= 11 is 6.04. The van der Waals surface area contributed by atoms with E-state index in [0.717, 1.165) is 0 Å². The van der Waals surface area contributed by atoms with Gasteiger partial charge in [0.25, 0.3) is 0 Å². The average Bonchev–Trinajstić information content (AvgIpc) is 3.06. The molecule has 0 bridgehead atoms. The molecule has 25 heavy (non-hydrogen) atoms. The molecule has 1 saturated heterocycles. The van der Waals surface area contributed by atoms with E-state index in [1.165, 1.54) is 0 Å². The Labute approximate surface area is 147 Å². The maximum absolute atomic E-state index is 12.2. The number of anilines is 1. The number of aromatic nitrogens is 4. The monoisotopic (exact) mass is 356 g/mol. The van der Waals surface area contributed by atoms with Crippen LogP contribution in [0.5, 0.6) is 0 Å². The minimum absolute atomic E-state index is 0.00918. The fourth-order valence-electron chi connectivity index (χ4n) is 2.48. The van der Waals surface area contributed by atoms with E-state index in [-0.39, 0.29) is 11.9 Å². The molecule has 3 aromatic rings. The lowest BCUT2D eigenvalue weighted by Crippen LogP contribution is -2.50. The number of carbonyl (C=O) groups excluding carboxylic acids is 1. The van der Waals surface area contributed by atoms with Crippen LogP contribution in [0.4, 0.5) is 10.5 Å². The first kappa shape index (κ1) is 15.5. The van der Waals surface area contributed by atoms with Crippen molar-refractivity contribution in [1.82, 2.24) is 25.0 Å². The molecule has 8 nitrogen and oxygen atoms in total. The minimum atomic E-state index is -0.210. The van der Waals surface area contributed by atoms with Crippen LogP contribution in [0.25, 0.3) is 11.5 Å². The first-order valence-electron chi connectivity index (χ1n) is 7.61. The van der Waals surface area contributed by atoms with Crippen molar-refractivity contribution >= 4 is 23.3 Å². The van der Waals surface area contributed by atoms with E-state index in [0.29, 0.717) is 41.2 Å². The molecule has 126 valence electrons. The van der Waals surface area contributed by atoms with Crippen LogP contribution in [-0.4, -0.2) is 44.1 Å². The highest BCUT2D eigenvalue weighted by Crippen LogP contribution is 2.28. The van der Waals surface area contributed by atoms with E-state index < -0.39 is 0 Å². The molecule has 1 fully saturated rings. The molecular weight excluding hydrogens is 344 g/mol. The first-order chi connectivity index (χ1) is 12.2. The van der Waals surface area contributed by atoms with Gasteiger partial charge in [0, 0.05) is 25.5 Å². The van der Waals surface area contributed by atoms with Gasteiger partial charge in [-0.1, -0.05) is 28.9 Å². The van der Waals surface area contributed by atoms with Gasteiger partial charge in [-0.2, -0.15) is 4.98 Å². The Balaban J connectivity index is 1.37. The van der Waals surface area contributed by atoms with Gasteiger partial charge >= 0.3 is 6.03 Å². The third-order valence-electron chi connectivity index (χ3n) is 3.87. The summed E-state index contributed by atoms with van der Waals surface area (Å²) in [7, 11) is 0. The van der Waals surface area contributed by atoms with E-state index in [1.807, 2.05) is 12.1 Å². The van der Waals surface area contributed by atoms with Crippen molar-refractivity contribution in [1.29, 1.82) is 0 Å². The molecule has 1 aliphatic heterocycles. The van der Waals surface area contributed by atoms with Gasteiger partial charge in [-0.3, -0.25) is 4.98 Å². The number of para-hydroxylation sites is 1. The summed E-state index contributed by atoms with van der Waals surface area (Å²) in [5, 5.41) is 7.20. The molecule has 0 saturated carbocycles. The summed E-state index contributed by atoms with van der Waals surface area (Å²) in [6, 6.07) is 6.89. The molecule has 2 amide bonds. The summed E-state index contributed by atoms with van der Waals surface area (Å²) in [4.78, 5) is 26.3. The number of halogens is 1. The molecule has 1 N–H and O–H groups in total. The normalized spacial score (nSPS) is 14.2. The molecule has 3 heterocycles. The predicted molar refractivity (Wildman–Crippen MR) is 90.1 cm³/mol. The van der Waals surface area contributed by atoms with Crippen LogP contribution in [0.3, 0.4) is 0 Å². The fraction of sp³-hybridized carbons (Fsp3) is 0.188. The number of likely N-dealkylation sites (tertiary alicyclic amines) is 1. The molecule has 1 aromatic carbocycles. The zero-order chi connectivity index (χ0) is 17.2. The van der Waals surface area contributed by atoms with Crippen LogP contribution < -0.4 is 5.32 Å². The van der Waals surface area contributed by atoms with Gasteiger partial charge < -0.3 is 14.7 Å². The lowest BCUT2D eigenvalue weighted by Gasteiger charge is -2.36. The quantitative estimate of drug-likeness (QED) is 0.775. The number of nitrogens with one attached hydrogen (secondary N) is 1. The average molecular weight is 357 g/mol. The van der Waals surface area contributed by atoms with E-state index in [9.17, 15) is 4.79 Å². The number of rotatable bonds is 3. The van der Waals surface area contributed by atoms with Crippen molar-refractivity contribution in [2.45, 2.75) is 5.92 Å². The fourth-order valence-corrected chi connectivity index (χ4v) is 2.66. The summed E-state index contributed by atoms with van der Waals surface area (Å²) in [6.07, 6.45) is 4.71. The van der Waals surface area contributed by atoms with E-state index >= 15 is 0 Å². The molecule has 9 heteroatoms. The molecule has 0 unspecified atom stereocenters. The van der Waals surface area contributed by atoms with Gasteiger partial charge in [-0.25, -0.2) is 9.78 Å². The van der Waals surface area contributed by atoms with Crippen LogP contribution in [0, 0.1) is 0 Å². The number of nitrogens with zero attached hydrogens (tertiary/aromatic N) is 5. The maximum Gasteiger partial charge on any atom is 0.321 e. The number of urea groups is 1. The van der Waals surface area contributed by atoms with Gasteiger partial charge in [-0.05, 0) is 12.1 Å². The molecule has 1 aliphatic rings. The lowest BCUT2D eigenvalue weighted by molar-refractivity contribution is 0.147. The standard InChI is InChI=1S/C16H13ClN6O2/c17-11-3-1-2-4-12(11)20-16(24)23-8-10(9-23)15-21-14(22-25-15)13-7-18-5-6-19-13/h1-7,10H,8-9H2,(H,20,24). The van der Waals surface area contributed by atoms with Crippen LogP contribution in [0.1, 0.15) is 11.8 Å². The van der Waals surface area contributed by atoms with Gasteiger partial charge in [0.15, 0.2) is 0 Å². The van der Waals surface area contributed by atoms with Crippen molar-refractivity contribution in [3.8, 4) is 11.5 Å². The summed E-state index contributed by atoms with van der Waals surface area (Å²) < 4.78 is 5.28. The Bertz CT molecular complexity index is 894. The molecule has 0 atom stereocenters. The molecule has 0 radical (unpaired) electrons. The zero-order valence-electron chi connectivity index (χ0n) is 13.0. The number of benzene rings is 1. The van der Waals surface area contributed by atoms with E-state index in [4.69, 9.17) is 16.1 Å². The Hall–Kier alpha value is -3.00. The second-order valence-electron chi connectivity index (χ2n) is 5.56. The van der Waals surface area contributed by atoms with Crippen LogP contribution in [0.2, 0.25) is 5.02 Å². The van der Waals surface area contributed by atoms with Crippen LogP contribution in [-0.2, 0) is 0 Å². The number of carbonyl (C=O) groups is 1. The number of hydrogen-bond acceptors (Lipinski definition) is 6. The highest BCUT2D eigenvalue weighted by atomic mass is 35.5. The molecule has 2 aromatic heterocycles. The zero-order valence-corrected chi connectivity index (χ0v) is 13.7. The third-order valence-corrected chi connectivity index (χ3v) is 4.20. The first-order valence-corrected chi connectivity index (χ1v) is 7.99. The third kappa shape index (κ3) is 3.16. The van der Waals surface area contributed by atoms with Gasteiger partial charge in [0.05, 0.1) is 22.8 Å². The molecule has 0 spiro atoms. The van der Waals surface area contributed by atoms with Crippen LogP contribution in [0.15, 0.2) is 47.4 Å². The molecule has 0 aliphatic carbocycles. The van der Waals surface area contributed by atoms with Crippen molar-refractivity contribution in [2.75, 3.05) is 18.4 Å². The summed E-state index contributed by atoms with van der Waals surface area (Å²) in [6.45, 7) is 0.997. The van der Waals surface area contributed by atoms with E-state index in [2.05, 4.69) is 25.4 Å². The summed E-state index contributed by atoms with van der Waals surface area (Å²) in [5.41, 5.74) is 1.13. The van der Waals surface area contributed by atoms with Crippen molar-refractivity contribution in [2.24, 2.45) is 0 Å². The maximum atomic E-state index is 12.2. The van der Waals surface area contributed by atoms with Gasteiger partial charge in [0.1, 0.15) is 5.69 Å². The number of amides is 2. The smallest absolute Gasteiger partial charge is 0.321 e. The van der Waals surface area contributed by atoms with Crippen molar-refractivity contribution < 1.29 is 9.32 Å². The molecular formula is C16H13ClN6O2.